The highest BCUT2D eigenvalue weighted by Crippen LogP contribution is 2.28. The molecule has 5 rings (SSSR count). The van der Waals surface area contributed by atoms with Gasteiger partial charge in [-0.05, 0) is 56.8 Å². The average molecular weight is 1730 g/mol. The van der Waals surface area contributed by atoms with E-state index in [9.17, 15) is 111 Å². The molecule has 0 aliphatic carbocycles. The number of nitrogens with one attached hydrogen (secondary N) is 15. The molecule has 26 N–H and O–H groups in total. The number of imidazole rings is 1. The van der Waals surface area contributed by atoms with Crippen LogP contribution in [0.3, 0.4) is 0 Å². The van der Waals surface area contributed by atoms with Crippen LogP contribution in [0.1, 0.15) is 112 Å². The highest BCUT2D eigenvalue weighted by atomic mass is 33.1. The van der Waals surface area contributed by atoms with Crippen molar-refractivity contribution in [1.29, 1.82) is 0 Å². The summed E-state index contributed by atoms with van der Waals surface area (Å²) >= 11 is 0. The number of carboxylic acids is 1. The summed E-state index contributed by atoms with van der Waals surface area (Å²) in [7, 11) is 3.01. The number of aliphatic carboxylic acids is 1. The fourth-order valence-electron chi connectivity index (χ4n) is 12.4. The van der Waals surface area contributed by atoms with Crippen LogP contribution >= 0.6 is 43.2 Å². The number of carbonyl (C=O) groups excluding carboxylic acids is 19. The summed E-state index contributed by atoms with van der Waals surface area (Å²) < 4.78 is 0. The first-order valence-electron chi connectivity index (χ1n) is 37.5. The third kappa shape index (κ3) is 30.1. The number of hydrogen-bond donors (Lipinski definition) is 22. The number of aliphatic hydroxyl groups excluding tert-OH is 2. The van der Waals surface area contributed by atoms with Crippen molar-refractivity contribution in [2.45, 2.75) is 209 Å². The molecule has 0 radical (unpaired) electrons. The number of fused-ring (bicyclic) bond motifs is 10. The molecule has 4 aliphatic rings. The molecule has 0 unspecified atom stereocenters. The molecule has 0 aromatic carbocycles. The van der Waals surface area contributed by atoms with Gasteiger partial charge < -0.3 is 127 Å². The second-order valence-electron chi connectivity index (χ2n) is 28.9. The van der Waals surface area contributed by atoms with Crippen LogP contribution in [0.5, 0.6) is 0 Å². The molecule has 5 heterocycles. The molecule has 19 amide bonds. The molecular formula is C68H106N22O23S4. The van der Waals surface area contributed by atoms with E-state index in [0.29, 0.717) is 0 Å². The van der Waals surface area contributed by atoms with Crippen molar-refractivity contribution < 1.29 is 111 Å². The Morgan fingerprint density at radius 1 is 0.538 bits per heavy atom. The molecule has 117 heavy (non-hydrogen) atoms. The SMILES string of the molecule is CC[C@H](C)[C@@H]1NC(=O)[C@H](CC(=O)O)NC(=O)[C@@H]2CCCN2C(=O)[C@H](CC(N)=O)NC(=O)[C@H](CC(N)=O)NC(=O)[C@H](C(C)C)NC(=O)[C@H](CO)NC(=O)[C@@H]2CSSC[C@H](NC(=O)CN)C(=O)N[C@@H](CSSC[C@@H](C(=O)N[C@@H](CC(C)C)C(N)=O)NC1=O)C(=O)N[C@@H](CO)C(=O)N[C@@H](Cc1cnc[nH]1)C(=O)N1CCC[C@H]1C(=O)N[C@@H](C)C(=O)N2. The van der Waals surface area contributed by atoms with Crippen LogP contribution in [0.4, 0.5) is 0 Å². The number of hydrogen-bond acceptors (Lipinski definition) is 28. The minimum Gasteiger partial charge on any atom is -0.481 e. The summed E-state index contributed by atoms with van der Waals surface area (Å²) in [6.07, 6.45) is -0.733. The van der Waals surface area contributed by atoms with Gasteiger partial charge in [-0.2, -0.15) is 0 Å². The zero-order valence-electron chi connectivity index (χ0n) is 65.4. The molecule has 650 valence electrons. The van der Waals surface area contributed by atoms with E-state index in [1.54, 1.807) is 20.8 Å². The summed E-state index contributed by atoms with van der Waals surface area (Å²) in [4.78, 5) is 290. The van der Waals surface area contributed by atoms with E-state index in [-0.39, 0.29) is 69.6 Å². The van der Waals surface area contributed by atoms with Gasteiger partial charge in [-0.1, -0.05) is 91.1 Å². The van der Waals surface area contributed by atoms with Crippen molar-refractivity contribution in [2.75, 3.05) is 55.9 Å². The van der Waals surface area contributed by atoms with E-state index in [1.165, 1.54) is 40.2 Å². The predicted octanol–water partition coefficient (Wildman–Crippen LogP) is -10.1. The van der Waals surface area contributed by atoms with Gasteiger partial charge in [-0.3, -0.25) is 95.9 Å². The second-order valence-corrected chi connectivity index (χ2v) is 34.0. The number of H-pyrrole nitrogens is 1. The Bertz CT molecular complexity index is 3790. The fourth-order valence-corrected chi connectivity index (χ4v) is 17.1. The first-order chi connectivity index (χ1) is 55.2. The van der Waals surface area contributed by atoms with Crippen molar-refractivity contribution in [3.8, 4) is 0 Å². The lowest BCUT2D eigenvalue weighted by Crippen LogP contribution is -2.62. The summed E-state index contributed by atoms with van der Waals surface area (Å²) in [6, 6.07) is -27.8. The van der Waals surface area contributed by atoms with Gasteiger partial charge in [0.05, 0.1) is 45.3 Å². The summed E-state index contributed by atoms with van der Waals surface area (Å²) in [5, 5.41) is 65.5. The number of carbonyl (C=O) groups is 20. The Morgan fingerprint density at radius 3 is 1.51 bits per heavy atom. The van der Waals surface area contributed by atoms with E-state index in [1.807, 2.05) is 0 Å². The number of nitrogens with zero attached hydrogens (tertiary/aromatic N) is 3. The number of nitrogens with two attached hydrogens (primary N) is 4. The topological polar surface area (TPSA) is 710 Å². The van der Waals surface area contributed by atoms with Crippen LogP contribution in [0.25, 0.3) is 0 Å². The maximum Gasteiger partial charge on any atom is 0.305 e. The van der Waals surface area contributed by atoms with Crippen molar-refractivity contribution >= 4 is 161 Å². The third-order valence-corrected chi connectivity index (χ3v) is 23.8. The number of aromatic amines is 1. The summed E-state index contributed by atoms with van der Waals surface area (Å²) in [5.41, 5.74) is 22.8. The summed E-state index contributed by atoms with van der Waals surface area (Å²) in [5.74, 6) is -27.4. The minimum absolute atomic E-state index is 0.0176. The number of aromatic nitrogens is 2. The Labute approximate surface area is 687 Å². The van der Waals surface area contributed by atoms with Gasteiger partial charge in [-0.15, -0.1) is 0 Å². The number of primary amides is 3. The molecule has 2 bridgehead atoms. The van der Waals surface area contributed by atoms with E-state index in [0.717, 1.165) is 53.0 Å². The predicted molar refractivity (Wildman–Crippen MR) is 420 cm³/mol. The standard InChI is InChI=1S/C68H106N22O23S4/c1-8-31(6)52-66(111)86-44(60(105)77-34(53(72)98)15-29(2)3)27-117-116-26-43-62(107)82-39(22-91)57(102)80-37(16-33-21-73-28-74-33)67(112)89-13-9-11-45(89)63(108)75-32(7)54(99)84-42(25-115-114-24-41(59(104)85-43)76-49(95)20-69)61(106)83-40(23-92)58(103)87-51(30(4)5)65(110)79-35(17-47(70)93)55(100)81-38(18-48(71)94)68(113)90-14-10-12-46(90)64(109)78-36(19-50(96)97)56(101)88-52/h21,28-32,34-46,51-52,91-92H,8-20,22-27,69H2,1-7H3,(H2,70,93)(H2,71,94)(H2,72,98)(H,73,74)(H,75,108)(H,76,95)(H,77,105)(H,78,109)(H,79,110)(H,80,102)(H,81,100)(H,82,107)(H,83,106)(H,84,99)(H,85,104)(H,86,111)(H,87,103)(H,88,101)(H,96,97)/t31-,32-,34-,35-,36-,37-,38-,39-,40-,41-,42-,43-,44-,45-,46-,51-,52-/m0/s1. The Morgan fingerprint density at radius 2 is 1.00 bits per heavy atom. The first-order valence-corrected chi connectivity index (χ1v) is 42.5. The van der Waals surface area contributed by atoms with E-state index in [4.69, 9.17) is 22.9 Å². The Hall–Kier alpha value is -10.1. The largest absolute Gasteiger partial charge is 0.481 e. The molecule has 1 aromatic rings. The van der Waals surface area contributed by atoms with Crippen molar-refractivity contribution in [3.05, 3.63) is 18.2 Å². The van der Waals surface area contributed by atoms with Crippen molar-refractivity contribution in [1.82, 2.24) is 94.2 Å². The monoisotopic (exact) mass is 1730 g/mol. The zero-order valence-corrected chi connectivity index (χ0v) is 68.6. The first kappa shape index (κ1) is 97.5. The number of aliphatic hydroxyl groups is 2. The van der Waals surface area contributed by atoms with Crippen LogP contribution < -0.4 is 97.4 Å². The molecule has 4 aliphatic heterocycles. The number of amides is 19. The highest BCUT2D eigenvalue weighted by Gasteiger charge is 2.45. The maximum absolute atomic E-state index is 14.8. The second kappa shape index (κ2) is 47.3. The van der Waals surface area contributed by atoms with Gasteiger partial charge in [0.1, 0.15) is 96.7 Å². The van der Waals surface area contributed by atoms with Crippen LogP contribution in [-0.2, 0) is 102 Å². The lowest BCUT2D eigenvalue weighted by atomic mass is 9.97. The fraction of sp³-hybridized carbons (Fsp3) is 0.662. The van der Waals surface area contributed by atoms with Gasteiger partial charge in [0.25, 0.3) is 0 Å². The molecule has 0 spiro atoms. The molecule has 0 saturated carbocycles. The van der Waals surface area contributed by atoms with Crippen LogP contribution in [0.15, 0.2) is 12.5 Å². The molecule has 45 nitrogen and oxygen atoms in total. The number of carboxylic acid groups (broad SMARTS) is 1. The normalized spacial score (nSPS) is 27.7. The Kier molecular flexibility index (Phi) is 39.4. The minimum atomic E-state index is -2.04. The quantitative estimate of drug-likeness (QED) is 0.0539. The van der Waals surface area contributed by atoms with Crippen LogP contribution in [-0.4, -0.2) is 306 Å². The van der Waals surface area contributed by atoms with Gasteiger partial charge >= 0.3 is 5.97 Å². The summed E-state index contributed by atoms with van der Waals surface area (Å²) in [6.45, 7) is 7.08. The van der Waals surface area contributed by atoms with Gasteiger partial charge in [0.2, 0.25) is 112 Å². The zero-order chi connectivity index (χ0) is 87.2. The lowest BCUT2D eigenvalue weighted by Gasteiger charge is -2.31. The molecule has 17 atom stereocenters. The van der Waals surface area contributed by atoms with E-state index >= 15 is 0 Å². The molecule has 49 heteroatoms. The van der Waals surface area contributed by atoms with E-state index in [2.05, 4.69) is 84.4 Å². The highest BCUT2D eigenvalue weighted by molar-refractivity contribution is 8.77. The van der Waals surface area contributed by atoms with E-state index < -0.39 is 289 Å². The smallest absolute Gasteiger partial charge is 0.305 e. The van der Waals surface area contributed by atoms with Crippen molar-refractivity contribution in [3.63, 3.8) is 0 Å². The van der Waals surface area contributed by atoms with Crippen LogP contribution in [0, 0.1) is 17.8 Å². The van der Waals surface area contributed by atoms with Gasteiger partial charge in [0, 0.05) is 54.4 Å². The van der Waals surface area contributed by atoms with Crippen LogP contribution in [0.2, 0.25) is 0 Å². The molecule has 4 saturated heterocycles. The maximum atomic E-state index is 14.8. The Balaban J connectivity index is 1.71. The molecule has 4 fully saturated rings. The third-order valence-electron chi connectivity index (χ3n) is 19.0. The van der Waals surface area contributed by atoms with Crippen molar-refractivity contribution in [2.24, 2.45) is 40.7 Å². The number of rotatable bonds is 20. The van der Waals surface area contributed by atoms with Gasteiger partial charge in [-0.25, -0.2) is 4.98 Å². The molecular weight excluding hydrogens is 1620 g/mol. The lowest BCUT2D eigenvalue weighted by molar-refractivity contribution is -0.145. The average Bonchev–Trinajstić information content (AvgIpc) is 1.72. The van der Waals surface area contributed by atoms with Gasteiger partial charge in [0.15, 0.2) is 0 Å². The molecule has 1 aromatic heterocycles.